The van der Waals surface area contributed by atoms with E-state index in [0.29, 0.717) is 14.9 Å². The van der Waals surface area contributed by atoms with Crippen molar-refractivity contribution < 1.29 is 23.1 Å². The normalized spacial score (nSPS) is 11.6. The molecule has 1 heterocycles. The molecule has 0 aliphatic rings. The van der Waals surface area contributed by atoms with Crippen molar-refractivity contribution in [1.82, 2.24) is 4.98 Å². The fourth-order valence-corrected chi connectivity index (χ4v) is 3.19. The Morgan fingerprint density at radius 1 is 1.30 bits per heavy atom. The Morgan fingerprint density at radius 3 is 2.50 bits per heavy atom. The van der Waals surface area contributed by atoms with Gasteiger partial charge in [-0.15, -0.1) is 11.3 Å². The topological polar surface area (TPSA) is 50.2 Å². The number of rotatable bonds is 4. The van der Waals surface area contributed by atoms with Crippen LogP contribution in [0.3, 0.4) is 0 Å². The number of hydrogen-bond donors (Lipinski definition) is 1. The minimum Gasteiger partial charge on any atom is -0.481 e. The lowest BCUT2D eigenvalue weighted by Crippen LogP contribution is -2.03. The molecule has 106 valence electrons. The van der Waals surface area contributed by atoms with Crippen molar-refractivity contribution >= 4 is 29.1 Å². The van der Waals surface area contributed by atoms with Gasteiger partial charge in [0.15, 0.2) is 4.34 Å². The summed E-state index contributed by atoms with van der Waals surface area (Å²) in [7, 11) is 0. The zero-order chi connectivity index (χ0) is 14.8. The molecule has 0 aliphatic heterocycles. The van der Waals surface area contributed by atoms with Gasteiger partial charge in [-0.25, -0.2) is 4.98 Å². The summed E-state index contributed by atoms with van der Waals surface area (Å²) >= 11 is 2.46. The van der Waals surface area contributed by atoms with E-state index in [1.54, 1.807) is 5.38 Å². The van der Waals surface area contributed by atoms with E-state index < -0.39 is 17.7 Å². The molecule has 0 fully saturated rings. The second kappa shape index (κ2) is 5.84. The fraction of sp³-hybridized carbons (Fsp3) is 0.167. The quantitative estimate of drug-likeness (QED) is 0.927. The third-order valence-electron chi connectivity index (χ3n) is 2.25. The Kier molecular flexibility index (Phi) is 4.34. The molecule has 1 aromatic heterocycles. The van der Waals surface area contributed by atoms with Crippen molar-refractivity contribution in [3.05, 3.63) is 40.9 Å². The first-order valence-electron chi connectivity index (χ1n) is 5.36. The molecule has 0 amide bonds. The van der Waals surface area contributed by atoms with Crippen molar-refractivity contribution in [2.24, 2.45) is 0 Å². The van der Waals surface area contributed by atoms with Crippen LogP contribution in [0.1, 0.15) is 11.3 Å². The van der Waals surface area contributed by atoms with Crippen molar-refractivity contribution in [3.8, 4) is 0 Å². The van der Waals surface area contributed by atoms with Crippen LogP contribution >= 0.6 is 23.1 Å². The Bertz CT molecular complexity index is 608. The molecule has 0 radical (unpaired) electrons. The molecule has 0 aliphatic carbocycles. The zero-order valence-corrected chi connectivity index (χ0v) is 11.5. The molecule has 2 aromatic rings. The standard InChI is InChI=1S/C12H8F3NO2S2/c13-12(14,15)7-1-3-9(4-2-7)20-11-16-8(6-19-11)5-10(17)18/h1-4,6H,5H2,(H,17,18). The van der Waals surface area contributed by atoms with Crippen molar-refractivity contribution in [3.63, 3.8) is 0 Å². The molecule has 0 unspecified atom stereocenters. The second-order valence-corrected chi connectivity index (χ2v) is 5.98. The van der Waals surface area contributed by atoms with Gasteiger partial charge in [0.2, 0.25) is 0 Å². The van der Waals surface area contributed by atoms with Gasteiger partial charge in [0.1, 0.15) is 0 Å². The number of halogens is 3. The summed E-state index contributed by atoms with van der Waals surface area (Å²) in [4.78, 5) is 15.2. The van der Waals surface area contributed by atoms with Crippen molar-refractivity contribution in [1.29, 1.82) is 0 Å². The molecule has 20 heavy (non-hydrogen) atoms. The average Bonchev–Trinajstić information content (AvgIpc) is 2.75. The summed E-state index contributed by atoms with van der Waals surface area (Å²) in [5.74, 6) is -0.971. The van der Waals surface area contributed by atoms with Gasteiger partial charge in [-0.2, -0.15) is 13.2 Å². The van der Waals surface area contributed by atoms with Gasteiger partial charge in [-0.05, 0) is 24.3 Å². The highest BCUT2D eigenvalue weighted by Crippen LogP contribution is 2.34. The van der Waals surface area contributed by atoms with Gasteiger partial charge < -0.3 is 5.11 Å². The number of aromatic nitrogens is 1. The van der Waals surface area contributed by atoms with E-state index >= 15 is 0 Å². The number of benzene rings is 1. The number of thiazole rings is 1. The molecular formula is C12H8F3NO2S2. The number of nitrogens with zero attached hydrogens (tertiary/aromatic N) is 1. The maximum atomic E-state index is 12.4. The van der Waals surface area contributed by atoms with Crippen LogP contribution in [0.4, 0.5) is 13.2 Å². The van der Waals surface area contributed by atoms with Gasteiger partial charge >= 0.3 is 12.1 Å². The van der Waals surface area contributed by atoms with Crippen LogP contribution in [-0.4, -0.2) is 16.1 Å². The number of aliphatic carboxylic acids is 1. The number of alkyl halides is 3. The van der Waals surface area contributed by atoms with Crippen LogP contribution < -0.4 is 0 Å². The lowest BCUT2D eigenvalue weighted by atomic mass is 10.2. The Balaban J connectivity index is 2.06. The van der Waals surface area contributed by atoms with E-state index in [4.69, 9.17) is 5.11 Å². The predicted molar refractivity (Wildman–Crippen MR) is 69.0 cm³/mol. The van der Waals surface area contributed by atoms with Crippen LogP contribution in [0.2, 0.25) is 0 Å². The highest BCUT2D eigenvalue weighted by atomic mass is 32.2. The number of carboxylic acids is 1. The van der Waals surface area contributed by atoms with Crippen molar-refractivity contribution in [2.45, 2.75) is 21.8 Å². The third kappa shape index (κ3) is 3.97. The molecule has 1 N–H and O–H groups in total. The lowest BCUT2D eigenvalue weighted by molar-refractivity contribution is -0.138. The van der Waals surface area contributed by atoms with E-state index in [0.717, 1.165) is 12.1 Å². The molecule has 0 saturated carbocycles. The first kappa shape index (κ1) is 14.9. The summed E-state index contributed by atoms with van der Waals surface area (Å²) in [6.07, 6.45) is -4.51. The van der Waals surface area contributed by atoms with E-state index in [1.165, 1.54) is 35.2 Å². The zero-order valence-electron chi connectivity index (χ0n) is 9.85. The van der Waals surface area contributed by atoms with Gasteiger partial charge in [0, 0.05) is 10.3 Å². The average molecular weight is 319 g/mol. The first-order chi connectivity index (χ1) is 9.34. The molecule has 0 bridgehead atoms. The van der Waals surface area contributed by atoms with Gasteiger partial charge in [-0.3, -0.25) is 4.79 Å². The minimum atomic E-state index is -4.35. The van der Waals surface area contributed by atoms with Gasteiger partial charge in [0.05, 0.1) is 17.7 Å². The minimum absolute atomic E-state index is 0.163. The molecule has 1 aromatic carbocycles. The van der Waals surface area contributed by atoms with Crippen LogP contribution in [0, 0.1) is 0 Å². The monoisotopic (exact) mass is 319 g/mol. The fourth-order valence-electron chi connectivity index (χ4n) is 1.38. The summed E-state index contributed by atoms with van der Waals surface area (Å²) < 4.78 is 37.8. The van der Waals surface area contributed by atoms with Crippen LogP contribution in [0.15, 0.2) is 38.9 Å². The number of carbonyl (C=O) groups is 1. The van der Waals surface area contributed by atoms with Crippen molar-refractivity contribution in [2.75, 3.05) is 0 Å². The number of hydrogen-bond acceptors (Lipinski definition) is 4. The molecule has 8 heteroatoms. The molecule has 2 rings (SSSR count). The molecule has 0 atom stereocenters. The highest BCUT2D eigenvalue weighted by Gasteiger charge is 2.29. The third-order valence-corrected chi connectivity index (χ3v) is 4.25. The summed E-state index contributed by atoms with van der Waals surface area (Å²) in [5, 5.41) is 10.2. The summed E-state index contributed by atoms with van der Waals surface area (Å²) in [5.41, 5.74) is -0.260. The SMILES string of the molecule is O=C(O)Cc1csc(Sc2ccc(C(F)(F)F)cc2)n1. The number of carboxylic acid groups (broad SMARTS) is 1. The molecule has 0 saturated heterocycles. The van der Waals surface area contributed by atoms with E-state index in [-0.39, 0.29) is 6.42 Å². The highest BCUT2D eigenvalue weighted by molar-refractivity contribution is 8.01. The maximum Gasteiger partial charge on any atom is 0.416 e. The van der Waals surface area contributed by atoms with E-state index in [1.807, 2.05) is 0 Å². The lowest BCUT2D eigenvalue weighted by Gasteiger charge is -2.06. The molecule has 3 nitrogen and oxygen atoms in total. The summed E-state index contributed by atoms with van der Waals surface area (Å²) in [6.45, 7) is 0. The Morgan fingerprint density at radius 2 is 1.95 bits per heavy atom. The summed E-state index contributed by atoms with van der Waals surface area (Å²) in [6, 6.07) is 4.75. The predicted octanol–water partition coefficient (Wildman–Crippen LogP) is 3.94. The van der Waals surface area contributed by atoms with Gasteiger partial charge in [0.25, 0.3) is 0 Å². The Labute approximate surface area is 120 Å². The van der Waals surface area contributed by atoms with Crippen LogP contribution in [0.25, 0.3) is 0 Å². The molecular weight excluding hydrogens is 311 g/mol. The van der Waals surface area contributed by atoms with Crippen LogP contribution in [0.5, 0.6) is 0 Å². The van der Waals surface area contributed by atoms with Gasteiger partial charge in [-0.1, -0.05) is 11.8 Å². The largest absolute Gasteiger partial charge is 0.481 e. The second-order valence-electron chi connectivity index (χ2n) is 3.80. The van der Waals surface area contributed by atoms with E-state index in [9.17, 15) is 18.0 Å². The van der Waals surface area contributed by atoms with Crippen LogP contribution in [-0.2, 0) is 17.4 Å². The van der Waals surface area contributed by atoms with E-state index in [2.05, 4.69) is 4.98 Å². The Hall–Kier alpha value is -1.54. The maximum absolute atomic E-state index is 12.4. The molecule has 0 spiro atoms. The smallest absolute Gasteiger partial charge is 0.416 e. The first-order valence-corrected chi connectivity index (χ1v) is 7.05.